The zero-order valence-electron chi connectivity index (χ0n) is 10.9. The van der Waals surface area contributed by atoms with Gasteiger partial charge in [0, 0.05) is 0 Å². The first-order valence-corrected chi connectivity index (χ1v) is 6.33. The van der Waals surface area contributed by atoms with Gasteiger partial charge in [0.1, 0.15) is 12.4 Å². The first-order valence-electron chi connectivity index (χ1n) is 5.96. The number of benzene rings is 2. The Morgan fingerprint density at radius 1 is 1.20 bits per heavy atom. The molecule has 0 bridgehead atoms. The molecular weight excluding hydrogens is 278 g/mol. The van der Waals surface area contributed by atoms with Crippen molar-refractivity contribution in [1.29, 1.82) is 0 Å². The molecule has 0 saturated heterocycles. The van der Waals surface area contributed by atoms with Crippen LogP contribution in [0.25, 0.3) is 0 Å². The number of nitrogens with two attached hydrogens (primary N) is 1. The van der Waals surface area contributed by atoms with Gasteiger partial charge in [-0.1, -0.05) is 29.8 Å². The highest BCUT2D eigenvalue weighted by Gasteiger charge is 2.13. The van der Waals surface area contributed by atoms with Gasteiger partial charge in [0.05, 0.1) is 23.4 Å². The third-order valence-corrected chi connectivity index (χ3v) is 3.20. The smallest absolute Gasteiger partial charge is 0.340 e. The third kappa shape index (κ3) is 3.22. The van der Waals surface area contributed by atoms with E-state index in [0.29, 0.717) is 5.69 Å². The van der Waals surface area contributed by atoms with E-state index in [9.17, 15) is 4.79 Å². The van der Waals surface area contributed by atoms with Crippen molar-refractivity contribution in [1.82, 2.24) is 0 Å². The minimum atomic E-state index is -0.502. The lowest BCUT2D eigenvalue weighted by Gasteiger charge is -2.08. The molecule has 0 radical (unpaired) electrons. The SMILES string of the molecule is COc1ccc(COC(=O)c2cccc(N)c2Cl)cc1. The van der Waals surface area contributed by atoms with Crippen molar-refractivity contribution in [3.63, 3.8) is 0 Å². The first-order chi connectivity index (χ1) is 9.61. The van der Waals surface area contributed by atoms with Crippen LogP contribution < -0.4 is 10.5 Å². The number of hydrogen-bond acceptors (Lipinski definition) is 4. The summed E-state index contributed by atoms with van der Waals surface area (Å²) in [6, 6.07) is 12.1. The molecule has 0 fully saturated rings. The molecule has 2 rings (SSSR count). The molecule has 0 amide bonds. The van der Waals surface area contributed by atoms with Crippen molar-refractivity contribution in [2.45, 2.75) is 6.61 Å². The summed E-state index contributed by atoms with van der Waals surface area (Å²) in [6.07, 6.45) is 0. The first kappa shape index (κ1) is 14.2. The minimum Gasteiger partial charge on any atom is -0.497 e. The molecule has 0 heterocycles. The van der Waals surface area contributed by atoms with Crippen LogP contribution in [0.3, 0.4) is 0 Å². The maximum atomic E-state index is 11.9. The van der Waals surface area contributed by atoms with Crippen molar-refractivity contribution < 1.29 is 14.3 Å². The van der Waals surface area contributed by atoms with Gasteiger partial charge >= 0.3 is 5.97 Å². The van der Waals surface area contributed by atoms with Gasteiger partial charge in [-0.2, -0.15) is 0 Å². The monoisotopic (exact) mass is 291 g/mol. The predicted octanol–water partition coefficient (Wildman–Crippen LogP) is 3.29. The fourth-order valence-electron chi connectivity index (χ4n) is 1.66. The molecule has 2 N–H and O–H groups in total. The molecule has 0 aromatic heterocycles. The zero-order valence-corrected chi connectivity index (χ0v) is 11.7. The van der Waals surface area contributed by atoms with E-state index >= 15 is 0 Å². The third-order valence-electron chi connectivity index (χ3n) is 2.78. The molecule has 5 heteroatoms. The van der Waals surface area contributed by atoms with Gasteiger partial charge in [-0.3, -0.25) is 0 Å². The van der Waals surface area contributed by atoms with E-state index in [1.54, 1.807) is 37.4 Å². The number of esters is 1. The Kier molecular flexibility index (Phi) is 4.48. The van der Waals surface area contributed by atoms with Crippen LogP contribution in [0, 0.1) is 0 Å². The molecule has 0 aliphatic carbocycles. The van der Waals surface area contributed by atoms with Crippen LogP contribution >= 0.6 is 11.6 Å². The summed E-state index contributed by atoms with van der Waals surface area (Å²) in [5.74, 6) is 0.247. The van der Waals surface area contributed by atoms with Crippen molar-refractivity contribution >= 4 is 23.3 Å². The molecule has 0 spiro atoms. The molecule has 0 unspecified atom stereocenters. The molecule has 0 aliphatic heterocycles. The molecule has 104 valence electrons. The van der Waals surface area contributed by atoms with Gasteiger partial charge in [0.2, 0.25) is 0 Å². The van der Waals surface area contributed by atoms with E-state index < -0.39 is 5.97 Å². The van der Waals surface area contributed by atoms with E-state index in [-0.39, 0.29) is 17.2 Å². The summed E-state index contributed by atoms with van der Waals surface area (Å²) in [5, 5.41) is 0.215. The van der Waals surface area contributed by atoms with Crippen LogP contribution in [0.1, 0.15) is 15.9 Å². The predicted molar refractivity (Wildman–Crippen MR) is 78.0 cm³/mol. The van der Waals surface area contributed by atoms with E-state index in [1.165, 1.54) is 0 Å². The lowest BCUT2D eigenvalue weighted by molar-refractivity contribution is 0.0473. The molecule has 2 aromatic carbocycles. The average Bonchev–Trinajstić information content (AvgIpc) is 2.48. The summed E-state index contributed by atoms with van der Waals surface area (Å²) in [4.78, 5) is 11.9. The standard InChI is InChI=1S/C15H14ClNO3/c1-19-11-7-5-10(6-8-11)9-20-15(18)12-3-2-4-13(17)14(12)16/h2-8H,9,17H2,1H3. The Labute approximate surface area is 122 Å². The van der Waals surface area contributed by atoms with Crippen LogP contribution in [0.2, 0.25) is 5.02 Å². The van der Waals surface area contributed by atoms with Gasteiger partial charge in [-0.25, -0.2) is 4.79 Å². The Morgan fingerprint density at radius 3 is 2.55 bits per heavy atom. The van der Waals surface area contributed by atoms with Crippen LogP contribution in [0.15, 0.2) is 42.5 Å². The van der Waals surface area contributed by atoms with Gasteiger partial charge in [0.25, 0.3) is 0 Å². The second kappa shape index (κ2) is 6.30. The van der Waals surface area contributed by atoms with Crippen molar-refractivity contribution in [3.8, 4) is 5.75 Å². The van der Waals surface area contributed by atoms with E-state index in [1.807, 2.05) is 12.1 Å². The van der Waals surface area contributed by atoms with Crippen LogP contribution in [-0.4, -0.2) is 13.1 Å². The van der Waals surface area contributed by atoms with Gasteiger partial charge in [0.15, 0.2) is 0 Å². The van der Waals surface area contributed by atoms with Crippen molar-refractivity contribution in [3.05, 3.63) is 58.6 Å². The minimum absolute atomic E-state index is 0.161. The van der Waals surface area contributed by atoms with Gasteiger partial charge < -0.3 is 15.2 Å². The number of ether oxygens (including phenoxy) is 2. The average molecular weight is 292 g/mol. The van der Waals surface area contributed by atoms with E-state index in [4.69, 9.17) is 26.8 Å². The number of anilines is 1. The molecule has 0 saturated carbocycles. The summed E-state index contributed by atoms with van der Waals surface area (Å²) in [5.41, 5.74) is 7.12. The quantitative estimate of drug-likeness (QED) is 0.693. The summed E-state index contributed by atoms with van der Waals surface area (Å²) in [6.45, 7) is 0.161. The molecule has 20 heavy (non-hydrogen) atoms. The van der Waals surface area contributed by atoms with Crippen LogP contribution in [0.5, 0.6) is 5.75 Å². The number of methoxy groups -OCH3 is 1. The van der Waals surface area contributed by atoms with Crippen LogP contribution in [0.4, 0.5) is 5.69 Å². The normalized spacial score (nSPS) is 10.1. The highest BCUT2D eigenvalue weighted by Crippen LogP contribution is 2.24. The number of carbonyl (C=O) groups excluding carboxylic acids is 1. The van der Waals surface area contributed by atoms with E-state index in [0.717, 1.165) is 11.3 Å². The zero-order chi connectivity index (χ0) is 14.5. The van der Waals surface area contributed by atoms with Gasteiger partial charge in [-0.05, 0) is 29.8 Å². The highest BCUT2D eigenvalue weighted by atomic mass is 35.5. The highest BCUT2D eigenvalue weighted by molar-refractivity contribution is 6.36. The second-order valence-electron chi connectivity index (χ2n) is 4.13. The van der Waals surface area contributed by atoms with Crippen LogP contribution in [-0.2, 0) is 11.3 Å². The maximum Gasteiger partial charge on any atom is 0.340 e. The molecule has 0 atom stereocenters. The molecule has 4 nitrogen and oxygen atoms in total. The maximum absolute atomic E-state index is 11.9. The van der Waals surface area contributed by atoms with E-state index in [2.05, 4.69) is 0 Å². The summed E-state index contributed by atoms with van der Waals surface area (Å²) >= 11 is 5.97. The Morgan fingerprint density at radius 2 is 1.90 bits per heavy atom. The Bertz CT molecular complexity index is 611. The van der Waals surface area contributed by atoms with Gasteiger partial charge in [-0.15, -0.1) is 0 Å². The number of nitrogen functional groups attached to an aromatic ring is 1. The summed E-state index contributed by atoms with van der Waals surface area (Å²) < 4.78 is 10.3. The number of carbonyl (C=O) groups is 1. The fourth-order valence-corrected chi connectivity index (χ4v) is 1.86. The lowest BCUT2D eigenvalue weighted by atomic mass is 10.2. The second-order valence-corrected chi connectivity index (χ2v) is 4.51. The lowest BCUT2D eigenvalue weighted by Crippen LogP contribution is -2.07. The Balaban J connectivity index is 2.02. The molecular formula is C15H14ClNO3. The number of hydrogen-bond donors (Lipinski definition) is 1. The molecule has 0 aliphatic rings. The number of halogens is 1. The number of rotatable bonds is 4. The van der Waals surface area contributed by atoms with Crippen molar-refractivity contribution in [2.75, 3.05) is 12.8 Å². The largest absolute Gasteiger partial charge is 0.497 e. The van der Waals surface area contributed by atoms with Crippen molar-refractivity contribution in [2.24, 2.45) is 0 Å². The topological polar surface area (TPSA) is 61.5 Å². The Hall–Kier alpha value is -2.20. The molecule has 2 aromatic rings. The fraction of sp³-hybridized carbons (Fsp3) is 0.133. The summed E-state index contributed by atoms with van der Waals surface area (Å²) in [7, 11) is 1.59.